The highest BCUT2D eigenvalue weighted by Gasteiger charge is 2.25. The van der Waals surface area contributed by atoms with Gasteiger partial charge in [0.1, 0.15) is 0 Å². The summed E-state index contributed by atoms with van der Waals surface area (Å²) in [5.41, 5.74) is 0. The molecule has 2 rings (SSSR count). The minimum absolute atomic E-state index is 0.468. The monoisotopic (exact) mass is 238 g/mol. The molecule has 1 unspecified atom stereocenters. The van der Waals surface area contributed by atoms with E-state index in [-0.39, 0.29) is 0 Å². The minimum Gasteiger partial charge on any atom is -0.407 e. The Labute approximate surface area is 102 Å². The molecule has 5 heteroatoms. The number of aromatic nitrogens is 2. The van der Waals surface area contributed by atoms with Gasteiger partial charge in [0.15, 0.2) is 0 Å². The molecule has 1 heterocycles. The van der Waals surface area contributed by atoms with Gasteiger partial charge >= 0.3 is 6.01 Å². The van der Waals surface area contributed by atoms with Crippen LogP contribution in [-0.4, -0.2) is 22.8 Å². The number of anilines is 1. The average Bonchev–Trinajstić information content (AvgIpc) is 3.04. The Morgan fingerprint density at radius 2 is 2.18 bits per heavy atom. The molecule has 1 aromatic heterocycles. The molecule has 2 N–H and O–H groups in total. The lowest BCUT2D eigenvalue weighted by atomic mass is 10.1. The van der Waals surface area contributed by atoms with Crippen molar-refractivity contribution in [3.8, 4) is 0 Å². The Kier molecular flexibility index (Phi) is 4.36. The molecule has 0 aliphatic heterocycles. The van der Waals surface area contributed by atoms with E-state index in [1.54, 1.807) is 0 Å². The van der Waals surface area contributed by atoms with Crippen molar-refractivity contribution < 1.29 is 4.42 Å². The van der Waals surface area contributed by atoms with E-state index in [0.717, 1.165) is 18.9 Å². The van der Waals surface area contributed by atoms with Gasteiger partial charge in [-0.25, -0.2) is 0 Å². The van der Waals surface area contributed by atoms with Gasteiger partial charge < -0.3 is 15.1 Å². The third-order valence-electron chi connectivity index (χ3n) is 3.13. The number of hydrogen-bond donors (Lipinski definition) is 2. The van der Waals surface area contributed by atoms with Crippen molar-refractivity contribution >= 4 is 6.01 Å². The maximum Gasteiger partial charge on any atom is 0.315 e. The van der Waals surface area contributed by atoms with E-state index < -0.39 is 0 Å². The SMILES string of the molecule is CCNCc1nnc(NC(CC)CC2CC2)o1. The quantitative estimate of drug-likeness (QED) is 0.726. The Bertz CT molecular complexity index is 335. The van der Waals surface area contributed by atoms with Crippen molar-refractivity contribution in [2.45, 2.75) is 52.1 Å². The van der Waals surface area contributed by atoms with Gasteiger partial charge in [-0.3, -0.25) is 0 Å². The van der Waals surface area contributed by atoms with Crippen LogP contribution in [0.3, 0.4) is 0 Å². The zero-order valence-electron chi connectivity index (χ0n) is 10.7. The van der Waals surface area contributed by atoms with Crippen molar-refractivity contribution in [2.24, 2.45) is 5.92 Å². The van der Waals surface area contributed by atoms with Crippen LogP contribution in [0.5, 0.6) is 0 Å². The normalized spacial score (nSPS) is 17.1. The predicted molar refractivity (Wildman–Crippen MR) is 66.7 cm³/mol. The first-order chi connectivity index (χ1) is 8.31. The molecule has 0 amide bonds. The lowest BCUT2D eigenvalue weighted by Crippen LogP contribution is -2.19. The first-order valence-electron chi connectivity index (χ1n) is 6.61. The van der Waals surface area contributed by atoms with Crippen molar-refractivity contribution in [3.63, 3.8) is 0 Å². The van der Waals surface area contributed by atoms with Gasteiger partial charge in [0.05, 0.1) is 6.54 Å². The Morgan fingerprint density at radius 3 is 2.82 bits per heavy atom. The molecular formula is C12H22N4O. The van der Waals surface area contributed by atoms with E-state index in [0.29, 0.717) is 24.5 Å². The molecule has 1 aliphatic carbocycles. The van der Waals surface area contributed by atoms with Crippen LogP contribution in [0.1, 0.15) is 45.4 Å². The first-order valence-corrected chi connectivity index (χ1v) is 6.61. The van der Waals surface area contributed by atoms with Crippen LogP contribution in [0.25, 0.3) is 0 Å². The summed E-state index contributed by atoms with van der Waals surface area (Å²) < 4.78 is 5.52. The number of nitrogens with zero attached hydrogens (tertiary/aromatic N) is 2. The molecule has 0 radical (unpaired) electrons. The van der Waals surface area contributed by atoms with E-state index in [1.165, 1.54) is 19.3 Å². The summed E-state index contributed by atoms with van der Waals surface area (Å²) in [6.07, 6.45) is 5.09. The largest absolute Gasteiger partial charge is 0.407 e. The first kappa shape index (κ1) is 12.4. The maximum absolute atomic E-state index is 5.52. The van der Waals surface area contributed by atoms with Gasteiger partial charge in [-0.05, 0) is 25.3 Å². The molecule has 0 bridgehead atoms. The smallest absolute Gasteiger partial charge is 0.315 e. The summed E-state index contributed by atoms with van der Waals surface area (Å²) in [4.78, 5) is 0. The van der Waals surface area contributed by atoms with Gasteiger partial charge in [0.2, 0.25) is 5.89 Å². The zero-order chi connectivity index (χ0) is 12.1. The molecule has 96 valence electrons. The van der Waals surface area contributed by atoms with Crippen LogP contribution in [0, 0.1) is 5.92 Å². The highest BCUT2D eigenvalue weighted by molar-refractivity contribution is 5.19. The Hall–Kier alpha value is -1.10. The van der Waals surface area contributed by atoms with Crippen molar-refractivity contribution in [1.82, 2.24) is 15.5 Å². The summed E-state index contributed by atoms with van der Waals surface area (Å²) >= 11 is 0. The standard InChI is InChI=1S/C12H22N4O/c1-3-10(7-9-5-6-9)14-12-16-15-11(17-12)8-13-4-2/h9-10,13H,3-8H2,1-2H3,(H,14,16). The van der Waals surface area contributed by atoms with Gasteiger partial charge in [0, 0.05) is 6.04 Å². The second-order valence-corrected chi connectivity index (χ2v) is 4.71. The number of rotatable bonds is 8. The van der Waals surface area contributed by atoms with Crippen LogP contribution in [-0.2, 0) is 6.54 Å². The van der Waals surface area contributed by atoms with Crippen LogP contribution < -0.4 is 10.6 Å². The molecule has 5 nitrogen and oxygen atoms in total. The maximum atomic E-state index is 5.52. The van der Waals surface area contributed by atoms with Crippen molar-refractivity contribution in [2.75, 3.05) is 11.9 Å². The second kappa shape index (κ2) is 6.00. The van der Waals surface area contributed by atoms with E-state index in [9.17, 15) is 0 Å². The van der Waals surface area contributed by atoms with E-state index in [2.05, 4.69) is 34.7 Å². The summed E-state index contributed by atoms with van der Waals surface area (Å²) in [6.45, 7) is 5.79. The van der Waals surface area contributed by atoms with Gasteiger partial charge in [0.25, 0.3) is 0 Å². The number of hydrogen-bond acceptors (Lipinski definition) is 5. The molecule has 1 fully saturated rings. The summed E-state index contributed by atoms with van der Waals surface area (Å²) in [5.74, 6) is 1.56. The molecule has 0 saturated heterocycles. The molecule has 0 spiro atoms. The molecule has 1 aromatic rings. The fourth-order valence-electron chi connectivity index (χ4n) is 1.87. The highest BCUT2D eigenvalue weighted by atomic mass is 16.4. The lowest BCUT2D eigenvalue weighted by molar-refractivity contribution is 0.469. The number of nitrogens with one attached hydrogen (secondary N) is 2. The van der Waals surface area contributed by atoms with Gasteiger partial charge in [-0.1, -0.05) is 31.8 Å². The van der Waals surface area contributed by atoms with Crippen LogP contribution in [0.2, 0.25) is 0 Å². The molecular weight excluding hydrogens is 216 g/mol. The van der Waals surface area contributed by atoms with Crippen LogP contribution in [0.15, 0.2) is 4.42 Å². The molecule has 1 saturated carbocycles. The van der Waals surface area contributed by atoms with E-state index in [4.69, 9.17) is 4.42 Å². The zero-order valence-corrected chi connectivity index (χ0v) is 10.7. The molecule has 1 aliphatic rings. The molecule has 17 heavy (non-hydrogen) atoms. The van der Waals surface area contributed by atoms with Crippen LogP contribution in [0.4, 0.5) is 6.01 Å². The third kappa shape index (κ3) is 4.00. The lowest BCUT2D eigenvalue weighted by Gasteiger charge is -2.14. The second-order valence-electron chi connectivity index (χ2n) is 4.71. The Balaban J connectivity index is 1.81. The van der Waals surface area contributed by atoms with E-state index in [1.807, 2.05) is 0 Å². The molecule has 1 atom stereocenters. The van der Waals surface area contributed by atoms with Gasteiger partial charge in [-0.15, -0.1) is 5.10 Å². The summed E-state index contributed by atoms with van der Waals surface area (Å²) in [7, 11) is 0. The topological polar surface area (TPSA) is 63.0 Å². The van der Waals surface area contributed by atoms with Crippen molar-refractivity contribution in [3.05, 3.63) is 5.89 Å². The summed E-state index contributed by atoms with van der Waals surface area (Å²) in [6, 6.07) is 1.03. The highest BCUT2D eigenvalue weighted by Crippen LogP contribution is 2.34. The third-order valence-corrected chi connectivity index (χ3v) is 3.13. The summed E-state index contributed by atoms with van der Waals surface area (Å²) in [5, 5.41) is 14.5. The molecule has 0 aromatic carbocycles. The van der Waals surface area contributed by atoms with Gasteiger partial charge in [-0.2, -0.15) is 0 Å². The van der Waals surface area contributed by atoms with Crippen molar-refractivity contribution in [1.29, 1.82) is 0 Å². The van der Waals surface area contributed by atoms with E-state index >= 15 is 0 Å². The predicted octanol–water partition coefficient (Wildman–Crippen LogP) is 2.17. The minimum atomic E-state index is 0.468. The Morgan fingerprint density at radius 1 is 1.35 bits per heavy atom. The average molecular weight is 238 g/mol. The fourth-order valence-corrected chi connectivity index (χ4v) is 1.87. The van der Waals surface area contributed by atoms with Crippen LogP contribution >= 0.6 is 0 Å². The fraction of sp³-hybridized carbons (Fsp3) is 0.833.